The van der Waals surface area contributed by atoms with E-state index in [1.54, 1.807) is 23.1 Å². The third-order valence-electron chi connectivity index (χ3n) is 5.74. The van der Waals surface area contributed by atoms with Gasteiger partial charge in [0, 0.05) is 19.0 Å². The molecule has 2 aliphatic heterocycles. The SMILES string of the molecule is CCOc1ccccc1C(=O)N1C[C@@H]2COc3ccccc3C[C@]2(C(=O)O)C1. The Morgan fingerprint density at radius 2 is 1.96 bits per heavy atom. The number of carbonyl (C=O) groups excluding carboxylic acids is 1. The van der Waals surface area contributed by atoms with E-state index in [0.717, 1.165) is 11.3 Å². The molecule has 1 amide bonds. The third kappa shape index (κ3) is 2.99. The Morgan fingerprint density at radius 1 is 1.21 bits per heavy atom. The zero-order valence-electron chi connectivity index (χ0n) is 15.8. The van der Waals surface area contributed by atoms with Crippen LogP contribution < -0.4 is 9.47 Å². The molecule has 2 heterocycles. The fourth-order valence-electron chi connectivity index (χ4n) is 4.28. The Morgan fingerprint density at radius 3 is 2.75 bits per heavy atom. The van der Waals surface area contributed by atoms with Crippen LogP contribution in [-0.2, 0) is 11.2 Å². The molecule has 0 aliphatic carbocycles. The summed E-state index contributed by atoms with van der Waals surface area (Å²) in [5.74, 6) is -0.108. The minimum Gasteiger partial charge on any atom is -0.493 e. The molecule has 2 atom stereocenters. The van der Waals surface area contributed by atoms with Gasteiger partial charge in [0.05, 0.1) is 24.2 Å². The fraction of sp³-hybridized carbons (Fsp3) is 0.364. The Bertz CT molecular complexity index is 911. The maximum Gasteiger partial charge on any atom is 0.312 e. The maximum absolute atomic E-state index is 13.2. The molecule has 0 radical (unpaired) electrons. The first-order valence-electron chi connectivity index (χ1n) is 9.50. The van der Waals surface area contributed by atoms with Crippen LogP contribution in [0.3, 0.4) is 0 Å². The van der Waals surface area contributed by atoms with E-state index < -0.39 is 11.4 Å². The number of hydrogen-bond donors (Lipinski definition) is 1. The number of aliphatic carboxylic acids is 1. The number of hydrogen-bond acceptors (Lipinski definition) is 4. The van der Waals surface area contributed by atoms with Crippen molar-refractivity contribution in [2.24, 2.45) is 11.3 Å². The lowest BCUT2D eigenvalue weighted by Gasteiger charge is -2.27. The van der Waals surface area contributed by atoms with Crippen molar-refractivity contribution in [3.05, 3.63) is 59.7 Å². The zero-order chi connectivity index (χ0) is 19.7. The minimum absolute atomic E-state index is 0.157. The Hall–Kier alpha value is -3.02. The third-order valence-corrected chi connectivity index (χ3v) is 5.74. The van der Waals surface area contributed by atoms with E-state index >= 15 is 0 Å². The molecule has 146 valence electrons. The van der Waals surface area contributed by atoms with Crippen molar-refractivity contribution in [3.8, 4) is 11.5 Å². The van der Waals surface area contributed by atoms with Crippen molar-refractivity contribution >= 4 is 11.9 Å². The van der Waals surface area contributed by atoms with Crippen molar-refractivity contribution in [1.82, 2.24) is 4.90 Å². The molecule has 2 aromatic rings. The fourth-order valence-corrected chi connectivity index (χ4v) is 4.28. The largest absolute Gasteiger partial charge is 0.493 e. The van der Waals surface area contributed by atoms with Crippen molar-refractivity contribution in [3.63, 3.8) is 0 Å². The first-order valence-corrected chi connectivity index (χ1v) is 9.50. The highest BCUT2D eigenvalue weighted by Crippen LogP contribution is 2.44. The number of ether oxygens (including phenoxy) is 2. The van der Waals surface area contributed by atoms with Crippen LogP contribution in [0.2, 0.25) is 0 Å². The summed E-state index contributed by atoms with van der Waals surface area (Å²) in [6.45, 7) is 3.10. The van der Waals surface area contributed by atoms with Crippen LogP contribution in [0.1, 0.15) is 22.8 Å². The van der Waals surface area contributed by atoms with Gasteiger partial charge in [0.2, 0.25) is 0 Å². The highest BCUT2D eigenvalue weighted by Gasteiger charge is 2.55. The summed E-state index contributed by atoms with van der Waals surface area (Å²) >= 11 is 0. The number of fused-ring (bicyclic) bond motifs is 2. The Labute approximate surface area is 163 Å². The van der Waals surface area contributed by atoms with Gasteiger partial charge in [-0.3, -0.25) is 9.59 Å². The van der Waals surface area contributed by atoms with Crippen LogP contribution in [0, 0.1) is 11.3 Å². The molecule has 0 bridgehead atoms. The molecule has 0 aromatic heterocycles. The van der Waals surface area contributed by atoms with E-state index in [2.05, 4.69) is 0 Å². The van der Waals surface area contributed by atoms with Gasteiger partial charge in [0.15, 0.2) is 0 Å². The normalized spacial score (nSPS) is 23.2. The molecule has 28 heavy (non-hydrogen) atoms. The molecular weight excluding hydrogens is 358 g/mol. The summed E-state index contributed by atoms with van der Waals surface area (Å²) in [5.41, 5.74) is 0.280. The first-order chi connectivity index (χ1) is 13.5. The predicted octanol–water partition coefficient (Wildman–Crippen LogP) is 2.86. The summed E-state index contributed by atoms with van der Waals surface area (Å²) in [5, 5.41) is 10.1. The second-order valence-corrected chi connectivity index (χ2v) is 7.37. The average Bonchev–Trinajstić information content (AvgIpc) is 2.99. The predicted molar refractivity (Wildman–Crippen MR) is 103 cm³/mol. The summed E-state index contributed by atoms with van der Waals surface area (Å²) < 4.78 is 11.5. The summed E-state index contributed by atoms with van der Waals surface area (Å²) in [6.07, 6.45) is 0.347. The van der Waals surface area contributed by atoms with Gasteiger partial charge in [-0.25, -0.2) is 0 Å². The highest BCUT2D eigenvalue weighted by molar-refractivity contribution is 5.97. The quantitative estimate of drug-likeness (QED) is 0.881. The number of nitrogens with zero attached hydrogens (tertiary/aromatic N) is 1. The molecule has 0 spiro atoms. The minimum atomic E-state index is -1.05. The lowest BCUT2D eigenvalue weighted by atomic mass is 9.74. The number of amides is 1. The lowest BCUT2D eigenvalue weighted by molar-refractivity contribution is -0.150. The second kappa shape index (κ2) is 7.19. The van der Waals surface area contributed by atoms with Crippen LogP contribution in [0.15, 0.2) is 48.5 Å². The van der Waals surface area contributed by atoms with Gasteiger partial charge in [-0.2, -0.15) is 0 Å². The second-order valence-electron chi connectivity index (χ2n) is 7.37. The number of benzene rings is 2. The van der Waals surface area contributed by atoms with Gasteiger partial charge in [-0.15, -0.1) is 0 Å². The van der Waals surface area contributed by atoms with Gasteiger partial charge < -0.3 is 19.5 Å². The molecule has 6 nitrogen and oxygen atoms in total. The van der Waals surface area contributed by atoms with Gasteiger partial charge in [-0.1, -0.05) is 30.3 Å². The maximum atomic E-state index is 13.2. The van der Waals surface area contributed by atoms with E-state index in [4.69, 9.17) is 9.47 Å². The molecule has 0 unspecified atom stereocenters. The molecule has 0 saturated carbocycles. The van der Waals surface area contributed by atoms with Crippen LogP contribution in [0.25, 0.3) is 0 Å². The van der Waals surface area contributed by atoms with Gasteiger partial charge >= 0.3 is 5.97 Å². The van der Waals surface area contributed by atoms with Crippen LogP contribution in [-0.4, -0.2) is 48.2 Å². The van der Waals surface area contributed by atoms with E-state index in [1.807, 2.05) is 37.3 Å². The standard InChI is InChI=1S/C22H23NO5/c1-2-27-19-10-6-4-8-17(19)20(24)23-12-16-13-28-18-9-5-3-7-15(18)11-22(16,14-23)21(25)26/h3-10,16H,2,11-14H2,1H3,(H,25,26)/t16-,22+/m1/s1. The number of rotatable bonds is 4. The number of carbonyl (C=O) groups is 2. The molecule has 6 heteroatoms. The monoisotopic (exact) mass is 381 g/mol. The van der Waals surface area contributed by atoms with E-state index in [-0.39, 0.29) is 25.0 Å². The van der Waals surface area contributed by atoms with Crippen molar-refractivity contribution in [2.45, 2.75) is 13.3 Å². The van der Waals surface area contributed by atoms with Crippen molar-refractivity contribution in [1.29, 1.82) is 0 Å². The number of likely N-dealkylation sites (tertiary alicyclic amines) is 1. The molecule has 4 rings (SSSR count). The van der Waals surface area contributed by atoms with E-state index in [1.165, 1.54) is 0 Å². The van der Waals surface area contributed by atoms with E-state index in [0.29, 0.717) is 30.9 Å². The smallest absolute Gasteiger partial charge is 0.312 e. The van der Waals surface area contributed by atoms with Gasteiger partial charge in [0.1, 0.15) is 11.5 Å². The number of para-hydroxylation sites is 2. The lowest BCUT2D eigenvalue weighted by Crippen LogP contribution is -2.42. The van der Waals surface area contributed by atoms with Crippen LogP contribution in [0.4, 0.5) is 0 Å². The average molecular weight is 381 g/mol. The van der Waals surface area contributed by atoms with Gasteiger partial charge in [0.25, 0.3) is 5.91 Å². The summed E-state index contributed by atoms with van der Waals surface area (Å²) in [4.78, 5) is 27.2. The molecule has 2 aliphatic rings. The topological polar surface area (TPSA) is 76.1 Å². The number of carboxylic acid groups (broad SMARTS) is 1. The van der Waals surface area contributed by atoms with Crippen molar-refractivity contribution < 1.29 is 24.2 Å². The van der Waals surface area contributed by atoms with Crippen molar-refractivity contribution in [2.75, 3.05) is 26.3 Å². The molecule has 1 saturated heterocycles. The summed E-state index contributed by atoms with van der Waals surface area (Å²) in [7, 11) is 0. The first kappa shape index (κ1) is 18.3. The van der Waals surface area contributed by atoms with Gasteiger partial charge in [-0.05, 0) is 37.1 Å². The zero-order valence-corrected chi connectivity index (χ0v) is 15.8. The van der Waals surface area contributed by atoms with E-state index in [9.17, 15) is 14.7 Å². The van der Waals surface area contributed by atoms with Crippen LogP contribution >= 0.6 is 0 Å². The molecule has 2 aromatic carbocycles. The molecule has 1 fully saturated rings. The molecular formula is C22H23NO5. The Balaban J connectivity index is 1.66. The molecule has 1 N–H and O–H groups in total. The Kier molecular flexibility index (Phi) is 4.71. The van der Waals surface area contributed by atoms with Crippen LogP contribution in [0.5, 0.6) is 11.5 Å². The summed E-state index contributed by atoms with van der Waals surface area (Å²) in [6, 6.07) is 14.6. The number of carboxylic acids is 1. The highest BCUT2D eigenvalue weighted by atomic mass is 16.5.